The van der Waals surface area contributed by atoms with Crippen molar-refractivity contribution in [2.75, 3.05) is 27.4 Å². The number of benzene rings is 2. The monoisotopic (exact) mass is 1200 g/mol. The van der Waals surface area contributed by atoms with Crippen molar-refractivity contribution in [1.29, 1.82) is 0 Å². The van der Waals surface area contributed by atoms with E-state index in [0.717, 1.165) is 53.7 Å². The van der Waals surface area contributed by atoms with Crippen molar-refractivity contribution in [3.05, 3.63) is 72.0 Å². The van der Waals surface area contributed by atoms with E-state index in [4.69, 9.17) is 85.3 Å². The molecule has 3 saturated heterocycles. The van der Waals surface area contributed by atoms with Gasteiger partial charge in [0.05, 0.1) is 38.6 Å². The van der Waals surface area contributed by atoms with Crippen LogP contribution in [0.25, 0.3) is 12.2 Å². The number of rotatable bonds is 22. The van der Waals surface area contributed by atoms with E-state index in [2.05, 4.69) is 0 Å². The summed E-state index contributed by atoms with van der Waals surface area (Å²) >= 11 is 0. The van der Waals surface area contributed by atoms with E-state index in [1.54, 1.807) is 6.08 Å². The zero-order valence-corrected chi connectivity index (χ0v) is 47.9. The molecule has 4 fully saturated rings. The number of carbonyl (C=O) groups excluding carboxylic acids is 10. The summed E-state index contributed by atoms with van der Waals surface area (Å²) in [6.45, 7) is 9.37. The number of methoxy groups -OCH3 is 2. The zero-order valence-electron chi connectivity index (χ0n) is 47.9. The molecule has 0 bridgehead atoms. The Morgan fingerprint density at radius 1 is 0.506 bits per heavy atom. The summed E-state index contributed by atoms with van der Waals surface area (Å²) in [5.41, 5.74) is -0.772. The highest BCUT2D eigenvalue weighted by molar-refractivity contribution is 5.88. The highest BCUT2D eigenvalue weighted by atomic mass is 16.8. The Labute approximate surface area is 485 Å². The Morgan fingerprint density at radius 2 is 0.988 bits per heavy atom. The first-order valence-electron chi connectivity index (χ1n) is 26.4. The van der Waals surface area contributed by atoms with Crippen LogP contribution in [0.15, 0.2) is 60.9 Å². The zero-order chi connectivity index (χ0) is 62.0. The van der Waals surface area contributed by atoms with E-state index in [-0.39, 0.29) is 23.0 Å². The molecule has 85 heavy (non-hydrogen) atoms. The van der Waals surface area contributed by atoms with Crippen LogP contribution in [0.2, 0.25) is 0 Å². The number of esters is 10. The second-order valence-corrected chi connectivity index (χ2v) is 19.8. The van der Waals surface area contributed by atoms with Crippen LogP contribution in [-0.4, -0.2) is 173 Å². The molecule has 1 saturated carbocycles. The van der Waals surface area contributed by atoms with Gasteiger partial charge in [0.15, 0.2) is 65.9 Å². The summed E-state index contributed by atoms with van der Waals surface area (Å²) in [4.78, 5) is 127. The van der Waals surface area contributed by atoms with Crippen LogP contribution in [0.3, 0.4) is 0 Å². The molecular weight excluding hydrogens is 1130 g/mol. The van der Waals surface area contributed by atoms with Crippen molar-refractivity contribution >= 4 is 71.8 Å². The molecule has 0 radical (unpaired) electrons. The van der Waals surface area contributed by atoms with E-state index >= 15 is 0 Å². The second-order valence-electron chi connectivity index (χ2n) is 19.8. The molecule has 0 spiro atoms. The fourth-order valence-electron chi connectivity index (χ4n) is 10.2. The van der Waals surface area contributed by atoms with Gasteiger partial charge in [0, 0.05) is 73.5 Å². The molecule has 5 aliphatic rings. The quantitative estimate of drug-likeness (QED) is 0.0537. The average Bonchev–Trinajstić information content (AvgIpc) is 1.57. The maximum absolute atomic E-state index is 14.2. The van der Waals surface area contributed by atoms with E-state index in [1.165, 1.54) is 89.8 Å². The molecule has 7 rings (SSSR count). The van der Waals surface area contributed by atoms with Gasteiger partial charge in [-0.2, -0.15) is 0 Å². The van der Waals surface area contributed by atoms with Crippen molar-refractivity contribution in [3.8, 4) is 23.0 Å². The second kappa shape index (κ2) is 28.0. The summed E-state index contributed by atoms with van der Waals surface area (Å²) in [6, 6.07) is 8.84. The maximum atomic E-state index is 14.2. The third kappa shape index (κ3) is 16.1. The molecule has 4 aliphatic heterocycles. The minimum atomic E-state index is -1.80. The Kier molecular flexibility index (Phi) is 21.1. The Balaban J connectivity index is 1.25. The van der Waals surface area contributed by atoms with Gasteiger partial charge in [0.1, 0.15) is 31.0 Å². The van der Waals surface area contributed by atoms with Crippen LogP contribution < -0.4 is 18.9 Å². The molecule has 2 aromatic rings. The topological polar surface area (TPSA) is 340 Å². The minimum Gasteiger partial charge on any atom is -0.493 e. The minimum absolute atomic E-state index is 0.0974. The highest BCUT2D eigenvalue weighted by Gasteiger charge is 2.78. The van der Waals surface area contributed by atoms with Crippen molar-refractivity contribution in [1.82, 2.24) is 0 Å². The predicted octanol–water partition coefficient (Wildman–Crippen LogP) is 3.08. The fourth-order valence-corrected chi connectivity index (χ4v) is 10.2. The molecule has 1 aliphatic carbocycles. The van der Waals surface area contributed by atoms with Crippen LogP contribution in [0.5, 0.6) is 23.0 Å². The van der Waals surface area contributed by atoms with E-state index in [0.29, 0.717) is 11.1 Å². The third-order valence-electron chi connectivity index (χ3n) is 13.5. The molecule has 3 unspecified atom stereocenters. The molecule has 16 atom stereocenters. The van der Waals surface area contributed by atoms with Gasteiger partial charge >= 0.3 is 59.7 Å². The summed E-state index contributed by atoms with van der Waals surface area (Å²) in [5.74, 6) is -9.81. The lowest BCUT2D eigenvalue weighted by Crippen LogP contribution is -2.64. The lowest BCUT2D eigenvalue weighted by Gasteiger charge is -2.46. The number of fused-ring (bicyclic) bond motifs is 3. The lowest BCUT2D eigenvalue weighted by molar-refractivity contribution is -0.349. The van der Waals surface area contributed by atoms with Gasteiger partial charge in [-0.1, -0.05) is 12.1 Å². The Hall–Kier alpha value is -8.44. The highest BCUT2D eigenvalue weighted by Crippen LogP contribution is 2.61. The van der Waals surface area contributed by atoms with Gasteiger partial charge < -0.3 is 85.3 Å². The summed E-state index contributed by atoms with van der Waals surface area (Å²) in [6.07, 6.45) is -12.2. The lowest BCUT2D eigenvalue weighted by atomic mass is 9.85. The van der Waals surface area contributed by atoms with E-state index < -0.39 is 170 Å². The fraction of sp³-hybridized carbons (Fsp3) is 0.509. The van der Waals surface area contributed by atoms with Crippen molar-refractivity contribution < 1.29 is 133 Å². The Bertz CT molecular complexity index is 2970. The first-order valence-corrected chi connectivity index (χ1v) is 26.4. The maximum Gasteiger partial charge on any atom is 0.331 e. The van der Waals surface area contributed by atoms with Gasteiger partial charge in [-0.15, -0.1) is 0 Å². The summed E-state index contributed by atoms with van der Waals surface area (Å²) < 4.78 is 105. The predicted molar refractivity (Wildman–Crippen MR) is 279 cm³/mol. The van der Waals surface area contributed by atoms with Gasteiger partial charge in [0.25, 0.3) is 0 Å². The summed E-state index contributed by atoms with van der Waals surface area (Å²) in [5, 5.41) is 0. The van der Waals surface area contributed by atoms with Crippen molar-refractivity contribution in [3.63, 3.8) is 0 Å². The van der Waals surface area contributed by atoms with Crippen LogP contribution in [0.4, 0.5) is 0 Å². The van der Waals surface area contributed by atoms with Crippen LogP contribution in [0.1, 0.15) is 73.4 Å². The first kappa shape index (κ1) is 64.1. The smallest absolute Gasteiger partial charge is 0.331 e. The molecule has 4 heterocycles. The number of hydrogen-bond acceptors (Lipinski definition) is 28. The van der Waals surface area contributed by atoms with Crippen LogP contribution in [0, 0.1) is 11.8 Å². The number of epoxide rings is 1. The first-order chi connectivity index (χ1) is 40.3. The largest absolute Gasteiger partial charge is 0.493 e. The molecule has 0 amide bonds. The van der Waals surface area contributed by atoms with Gasteiger partial charge in [-0.05, 0) is 60.5 Å². The van der Waals surface area contributed by atoms with Crippen molar-refractivity contribution in [2.24, 2.45) is 11.8 Å². The SMILES string of the molecule is COc1cc(/C=C/C(=O)O[C@H]2[C@H](OC(=O)/C=C/c3ccc(OC(C)=O)c(OC)c3)[C@H](O[C@H]3C4C=COC(O[C@@H]5O[C@H](COC(C)=O)[C@@H](OC(C)=O)[C@H](OC(C)=O)[C@H]5OC(C)=O)C4[C@@]4(COC(C)=O)O[C@@H]34)O[C@H](C)[C@@H]2OC(C)=O)ccc1OC(C)=O. The number of ether oxygens (including phenoxy) is 18. The molecule has 28 heteroatoms. The van der Waals surface area contributed by atoms with Gasteiger partial charge in [0.2, 0.25) is 12.6 Å². The van der Waals surface area contributed by atoms with E-state index in [1.807, 2.05) is 0 Å². The van der Waals surface area contributed by atoms with Crippen molar-refractivity contribution in [2.45, 2.75) is 148 Å². The molecule has 2 aromatic carbocycles. The van der Waals surface area contributed by atoms with Gasteiger partial charge in [-0.25, -0.2) is 9.59 Å². The third-order valence-corrected chi connectivity index (χ3v) is 13.5. The summed E-state index contributed by atoms with van der Waals surface area (Å²) in [7, 11) is 2.69. The molecule has 460 valence electrons. The normalized spacial score (nSPS) is 29.8. The Morgan fingerprint density at radius 3 is 1.51 bits per heavy atom. The van der Waals surface area contributed by atoms with E-state index in [9.17, 15) is 47.9 Å². The molecule has 28 nitrogen and oxygen atoms in total. The van der Waals surface area contributed by atoms with Gasteiger partial charge in [-0.3, -0.25) is 38.4 Å². The van der Waals surface area contributed by atoms with Crippen LogP contribution in [-0.2, 0) is 114 Å². The molecule has 0 N–H and O–H groups in total. The van der Waals surface area contributed by atoms with Crippen LogP contribution >= 0.6 is 0 Å². The molecular formula is C57H64O28. The number of hydrogen-bond donors (Lipinski definition) is 0. The average molecular weight is 1200 g/mol. The standard InChI is InChI=1S/C57H64O28/c1-26-46(76-31(6)62)49(81-43(66)18-14-35-12-16-38(74-29(4)60)40(22-35)68-10)52(82-44(67)19-15-36-13-17-39(75-30(5)61)41(23-36)69-11)55(73-26)83-47-37-20-21-70-54(45(37)57(53(47)85-57)25-72-28(3)59)84-56-51(79-34(9)65)50(78-33(8)64)48(77-32(7)63)42(80-56)24-71-27(2)58/h12-23,26,37,42,45-56H,24-25H2,1-11H3/b18-14+,19-15+/t26-,37?,42-,45?,46+,47+,48-,49-,50+,51-,52+,53+,54?,55+,56+,57-/m1/s1. The number of carbonyl (C=O) groups is 10. The molecule has 0 aromatic heterocycles.